The van der Waals surface area contributed by atoms with E-state index in [4.69, 9.17) is 4.74 Å². The molecule has 0 bridgehead atoms. The first-order chi connectivity index (χ1) is 8.29. The Morgan fingerprint density at radius 2 is 2.12 bits per heavy atom. The van der Waals surface area contributed by atoms with Gasteiger partial charge in [-0.25, -0.2) is 0 Å². The number of benzene rings is 1. The first-order valence-corrected chi connectivity index (χ1v) is 6.54. The molecule has 2 rings (SSSR count). The molecule has 1 N–H and O–H groups in total. The second-order valence-electron chi connectivity index (χ2n) is 3.99. The Labute approximate surface area is 106 Å². The van der Waals surface area contributed by atoms with Crippen LogP contribution in [0.1, 0.15) is 16.0 Å². The van der Waals surface area contributed by atoms with Gasteiger partial charge in [0, 0.05) is 18.0 Å². The van der Waals surface area contributed by atoms with E-state index < -0.39 is 0 Å². The van der Waals surface area contributed by atoms with Gasteiger partial charge in [-0.15, -0.1) is 11.3 Å². The van der Waals surface area contributed by atoms with Crippen molar-refractivity contribution in [2.24, 2.45) is 0 Å². The van der Waals surface area contributed by atoms with E-state index in [-0.39, 0.29) is 0 Å². The summed E-state index contributed by atoms with van der Waals surface area (Å²) >= 11 is 1.78. The molecule has 3 heteroatoms. The van der Waals surface area contributed by atoms with Crippen molar-refractivity contribution < 1.29 is 4.74 Å². The molecule has 0 atom stereocenters. The lowest BCUT2D eigenvalue weighted by Gasteiger charge is -2.08. The summed E-state index contributed by atoms with van der Waals surface area (Å²) in [4.78, 5) is 1.37. The zero-order chi connectivity index (χ0) is 12.1. The second kappa shape index (κ2) is 5.84. The number of hydrogen-bond acceptors (Lipinski definition) is 3. The van der Waals surface area contributed by atoms with Gasteiger partial charge in [0.15, 0.2) is 0 Å². The topological polar surface area (TPSA) is 21.3 Å². The van der Waals surface area contributed by atoms with Gasteiger partial charge in [0.1, 0.15) is 5.75 Å². The smallest absolute Gasteiger partial charge is 0.121 e. The Balaban J connectivity index is 1.89. The number of ether oxygens (including phenoxy) is 1. The molecule has 0 saturated carbocycles. The standard InChI is InChI=1S/C14H17NOS/c1-11-8-12(5-6-14(11)16-2)9-15-10-13-4-3-7-17-13/h3-8,15H,9-10H2,1-2H3. The highest BCUT2D eigenvalue weighted by molar-refractivity contribution is 7.09. The van der Waals surface area contributed by atoms with Crippen molar-refractivity contribution in [1.29, 1.82) is 0 Å². The first-order valence-electron chi connectivity index (χ1n) is 5.66. The Kier molecular flexibility index (Phi) is 4.18. The van der Waals surface area contributed by atoms with Crippen LogP contribution in [-0.2, 0) is 13.1 Å². The third-order valence-corrected chi connectivity index (χ3v) is 3.54. The maximum Gasteiger partial charge on any atom is 0.121 e. The molecule has 1 aromatic heterocycles. The predicted octanol–water partition coefficient (Wildman–Crippen LogP) is 3.35. The molecule has 17 heavy (non-hydrogen) atoms. The minimum Gasteiger partial charge on any atom is -0.496 e. The number of aryl methyl sites for hydroxylation is 1. The molecule has 0 radical (unpaired) electrons. The predicted molar refractivity (Wildman–Crippen MR) is 72.6 cm³/mol. The van der Waals surface area contributed by atoms with Gasteiger partial charge in [0.05, 0.1) is 7.11 Å². The summed E-state index contributed by atoms with van der Waals surface area (Å²) in [6.07, 6.45) is 0. The lowest BCUT2D eigenvalue weighted by molar-refractivity contribution is 0.411. The molecule has 0 amide bonds. The zero-order valence-corrected chi connectivity index (χ0v) is 11.0. The van der Waals surface area contributed by atoms with Crippen molar-refractivity contribution in [3.8, 4) is 5.75 Å². The number of thiophene rings is 1. The molecule has 0 unspecified atom stereocenters. The van der Waals surface area contributed by atoms with E-state index >= 15 is 0 Å². The molecule has 1 heterocycles. The van der Waals surface area contributed by atoms with Crippen molar-refractivity contribution >= 4 is 11.3 Å². The normalized spacial score (nSPS) is 10.5. The number of nitrogens with one attached hydrogen (secondary N) is 1. The minimum atomic E-state index is 0.892. The molecular weight excluding hydrogens is 230 g/mol. The van der Waals surface area contributed by atoms with Crippen LogP contribution in [0, 0.1) is 6.92 Å². The summed E-state index contributed by atoms with van der Waals surface area (Å²) < 4.78 is 5.24. The second-order valence-corrected chi connectivity index (χ2v) is 5.02. The average molecular weight is 247 g/mol. The van der Waals surface area contributed by atoms with Crippen LogP contribution in [0.15, 0.2) is 35.7 Å². The van der Waals surface area contributed by atoms with E-state index in [0.717, 1.165) is 18.8 Å². The quantitative estimate of drug-likeness (QED) is 0.875. The van der Waals surface area contributed by atoms with Crippen LogP contribution in [0.4, 0.5) is 0 Å². The van der Waals surface area contributed by atoms with E-state index in [1.165, 1.54) is 16.0 Å². The highest BCUT2D eigenvalue weighted by Crippen LogP contribution is 2.18. The van der Waals surface area contributed by atoms with Gasteiger partial charge in [0.2, 0.25) is 0 Å². The van der Waals surface area contributed by atoms with Crippen molar-refractivity contribution in [3.05, 3.63) is 51.7 Å². The Morgan fingerprint density at radius 1 is 1.24 bits per heavy atom. The van der Waals surface area contributed by atoms with Crippen molar-refractivity contribution in [2.75, 3.05) is 7.11 Å². The summed E-state index contributed by atoms with van der Waals surface area (Å²) in [6, 6.07) is 10.5. The highest BCUT2D eigenvalue weighted by atomic mass is 32.1. The van der Waals surface area contributed by atoms with Gasteiger partial charge < -0.3 is 10.1 Å². The van der Waals surface area contributed by atoms with Crippen molar-refractivity contribution in [3.63, 3.8) is 0 Å². The molecule has 1 aromatic carbocycles. The lowest BCUT2D eigenvalue weighted by atomic mass is 10.1. The molecular formula is C14H17NOS. The summed E-state index contributed by atoms with van der Waals surface area (Å²) in [5, 5.41) is 5.54. The third kappa shape index (κ3) is 3.32. The van der Waals surface area contributed by atoms with Crippen LogP contribution in [0.3, 0.4) is 0 Å². The molecule has 2 nitrogen and oxygen atoms in total. The Hall–Kier alpha value is -1.32. The molecule has 0 aliphatic heterocycles. The molecule has 0 aliphatic carbocycles. The lowest BCUT2D eigenvalue weighted by Crippen LogP contribution is -2.11. The van der Waals surface area contributed by atoms with E-state index in [0.29, 0.717) is 0 Å². The van der Waals surface area contributed by atoms with Gasteiger partial charge in [0.25, 0.3) is 0 Å². The van der Waals surface area contributed by atoms with E-state index in [2.05, 4.69) is 41.9 Å². The SMILES string of the molecule is COc1ccc(CNCc2cccs2)cc1C. The summed E-state index contributed by atoms with van der Waals surface area (Å²) in [5.41, 5.74) is 2.47. The van der Waals surface area contributed by atoms with Gasteiger partial charge in [-0.1, -0.05) is 18.2 Å². The Morgan fingerprint density at radius 3 is 2.76 bits per heavy atom. The number of methoxy groups -OCH3 is 1. The maximum atomic E-state index is 5.24. The molecule has 0 aliphatic rings. The highest BCUT2D eigenvalue weighted by Gasteiger charge is 2.00. The zero-order valence-electron chi connectivity index (χ0n) is 10.2. The fourth-order valence-corrected chi connectivity index (χ4v) is 2.47. The summed E-state index contributed by atoms with van der Waals surface area (Å²) in [6.45, 7) is 3.90. The molecule has 90 valence electrons. The van der Waals surface area contributed by atoms with Gasteiger partial charge >= 0.3 is 0 Å². The largest absolute Gasteiger partial charge is 0.496 e. The van der Waals surface area contributed by atoms with Crippen LogP contribution in [0.5, 0.6) is 5.75 Å². The van der Waals surface area contributed by atoms with Crippen LogP contribution in [-0.4, -0.2) is 7.11 Å². The summed E-state index contributed by atoms with van der Waals surface area (Å²) in [5.74, 6) is 0.951. The van der Waals surface area contributed by atoms with Gasteiger partial charge in [-0.2, -0.15) is 0 Å². The molecule has 0 spiro atoms. The summed E-state index contributed by atoms with van der Waals surface area (Å²) in [7, 11) is 1.71. The monoisotopic (exact) mass is 247 g/mol. The van der Waals surface area contributed by atoms with Crippen LogP contribution >= 0.6 is 11.3 Å². The van der Waals surface area contributed by atoms with Crippen LogP contribution < -0.4 is 10.1 Å². The van der Waals surface area contributed by atoms with E-state index in [1.54, 1.807) is 18.4 Å². The number of hydrogen-bond donors (Lipinski definition) is 1. The fraction of sp³-hybridized carbons (Fsp3) is 0.286. The van der Waals surface area contributed by atoms with Crippen LogP contribution in [0.25, 0.3) is 0 Å². The molecule has 0 fully saturated rings. The Bertz CT molecular complexity index is 465. The van der Waals surface area contributed by atoms with Crippen LogP contribution in [0.2, 0.25) is 0 Å². The average Bonchev–Trinajstić information content (AvgIpc) is 2.82. The van der Waals surface area contributed by atoms with Crippen molar-refractivity contribution in [2.45, 2.75) is 20.0 Å². The number of rotatable bonds is 5. The molecule has 2 aromatic rings. The maximum absolute atomic E-state index is 5.24. The van der Waals surface area contributed by atoms with E-state index in [1.807, 2.05) is 6.07 Å². The van der Waals surface area contributed by atoms with Gasteiger partial charge in [-0.05, 0) is 35.6 Å². The van der Waals surface area contributed by atoms with E-state index in [9.17, 15) is 0 Å². The van der Waals surface area contributed by atoms with Gasteiger partial charge in [-0.3, -0.25) is 0 Å². The fourth-order valence-electron chi connectivity index (χ4n) is 1.79. The first kappa shape index (κ1) is 12.1. The molecule has 0 saturated heterocycles. The van der Waals surface area contributed by atoms with Crippen molar-refractivity contribution in [1.82, 2.24) is 5.32 Å². The third-order valence-electron chi connectivity index (χ3n) is 2.67. The minimum absolute atomic E-state index is 0.892.